The highest BCUT2D eigenvalue weighted by atomic mass is 35.5. The molecule has 3 aromatic heterocycles. The van der Waals surface area contributed by atoms with Crippen molar-refractivity contribution in [1.82, 2.24) is 24.6 Å². The number of aromatic nitrogens is 4. The van der Waals surface area contributed by atoms with Crippen molar-refractivity contribution in [1.29, 1.82) is 0 Å². The van der Waals surface area contributed by atoms with Gasteiger partial charge in [0, 0.05) is 41.8 Å². The van der Waals surface area contributed by atoms with Crippen molar-refractivity contribution < 1.29 is 4.79 Å². The fourth-order valence-corrected chi connectivity index (χ4v) is 3.76. The van der Waals surface area contributed by atoms with Gasteiger partial charge in [-0.2, -0.15) is 5.10 Å². The number of anilines is 1. The Hall–Kier alpha value is -3.45. The summed E-state index contributed by atoms with van der Waals surface area (Å²) < 4.78 is 1.92. The van der Waals surface area contributed by atoms with Gasteiger partial charge in [-0.25, -0.2) is 9.97 Å². The summed E-state index contributed by atoms with van der Waals surface area (Å²) >= 11 is 6.23. The molecule has 0 saturated carbocycles. The van der Waals surface area contributed by atoms with Crippen molar-refractivity contribution in [3.8, 4) is 11.4 Å². The van der Waals surface area contributed by atoms with E-state index in [1.807, 2.05) is 36.9 Å². The fourth-order valence-electron chi connectivity index (χ4n) is 3.59. The molecule has 0 spiro atoms. The average Bonchev–Trinajstić information content (AvgIpc) is 3.11. The second kappa shape index (κ2) is 8.35. The zero-order chi connectivity index (χ0) is 22.1. The third-order valence-corrected chi connectivity index (χ3v) is 5.53. The highest BCUT2D eigenvalue weighted by Gasteiger charge is 2.20. The maximum Gasteiger partial charge on any atom is 0.254 e. The van der Waals surface area contributed by atoms with Crippen LogP contribution in [0.5, 0.6) is 0 Å². The van der Waals surface area contributed by atoms with Gasteiger partial charge in [0.1, 0.15) is 5.82 Å². The maximum absolute atomic E-state index is 13.5. The van der Waals surface area contributed by atoms with E-state index in [1.165, 1.54) is 0 Å². The summed E-state index contributed by atoms with van der Waals surface area (Å²) in [5, 5.41) is 5.61. The Labute approximate surface area is 185 Å². The van der Waals surface area contributed by atoms with E-state index >= 15 is 0 Å². The number of rotatable bonds is 5. The predicted molar refractivity (Wildman–Crippen MR) is 123 cm³/mol. The first-order valence-electron chi connectivity index (χ1n) is 9.97. The van der Waals surface area contributed by atoms with E-state index in [-0.39, 0.29) is 5.91 Å². The van der Waals surface area contributed by atoms with E-state index in [1.54, 1.807) is 42.3 Å². The lowest BCUT2D eigenvalue weighted by molar-refractivity contribution is 0.0787. The van der Waals surface area contributed by atoms with Gasteiger partial charge in [-0.1, -0.05) is 17.7 Å². The third kappa shape index (κ3) is 4.09. The van der Waals surface area contributed by atoms with Gasteiger partial charge in [0.25, 0.3) is 5.91 Å². The molecule has 0 bridgehead atoms. The summed E-state index contributed by atoms with van der Waals surface area (Å²) in [4.78, 5) is 24.2. The van der Waals surface area contributed by atoms with Crippen LogP contribution in [0.1, 0.15) is 28.5 Å². The molecule has 1 aromatic carbocycles. The van der Waals surface area contributed by atoms with Crippen molar-refractivity contribution in [2.24, 2.45) is 0 Å². The van der Waals surface area contributed by atoms with Gasteiger partial charge in [-0.05, 0) is 50.2 Å². The monoisotopic (exact) mass is 434 g/mol. The normalized spacial score (nSPS) is 11.1. The van der Waals surface area contributed by atoms with Crippen LogP contribution in [0.4, 0.5) is 5.82 Å². The standard InChI is InChI=1S/C23H23ClN6O/c1-4-30-14(2)15(12-26-30)13-29(3)23(31)18-11-21(20-6-5-7-22(25)28-20)27-19-9-8-16(24)10-17(18)19/h5-12H,4,13H2,1-3H3,(H2,25,28). The SMILES string of the molecule is CCn1ncc(CN(C)C(=O)c2cc(-c3cccc(N)n3)nc3ccc(Cl)cc23)c1C. The molecule has 0 radical (unpaired) electrons. The number of fused-ring (bicyclic) bond motifs is 1. The summed E-state index contributed by atoms with van der Waals surface area (Å²) in [5.74, 6) is 0.257. The van der Waals surface area contributed by atoms with Crippen molar-refractivity contribution in [3.63, 3.8) is 0 Å². The van der Waals surface area contributed by atoms with Crippen molar-refractivity contribution >= 4 is 34.2 Å². The largest absolute Gasteiger partial charge is 0.384 e. The number of nitrogens with zero attached hydrogens (tertiary/aromatic N) is 5. The van der Waals surface area contributed by atoms with Crippen LogP contribution < -0.4 is 5.73 Å². The van der Waals surface area contributed by atoms with Gasteiger partial charge in [0.05, 0.1) is 28.7 Å². The lowest BCUT2D eigenvalue weighted by Gasteiger charge is -2.19. The number of nitrogens with two attached hydrogens (primary N) is 1. The molecule has 1 amide bonds. The number of amides is 1. The summed E-state index contributed by atoms with van der Waals surface area (Å²) in [6.45, 7) is 5.28. The van der Waals surface area contributed by atoms with Crippen LogP contribution in [0, 0.1) is 6.92 Å². The molecule has 2 N–H and O–H groups in total. The Balaban J connectivity index is 1.77. The van der Waals surface area contributed by atoms with Crippen LogP contribution >= 0.6 is 11.6 Å². The fraction of sp³-hybridized carbons (Fsp3) is 0.217. The number of benzene rings is 1. The molecule has 0 aliphatic rings. The summed E-state index contributed by atoms with van der Waals surface area (Å²) in [7, 11) is 1.78. The smallest absolute Gasteiger partial charge is 0.254 e. The first kappa shape index (κ1) is 20.8. The number of nitrogen functional groups attached to an aromatic ring is 1. The van der Waals surface area contributed by atoms with E-state index in [2.05, 4.69) is 15.1 Å². The molecule has 0 aliphatic heterocycles. The molecule has 3 heterocycles. The summed E-state index contributed by atoms with van der Waals surface area (Å²) in [6, 6.07) is 12.4. The Morgan fingerprint density at radius 2 is 1.97 bits per heavy atom. The molecule has 0 fully saturated rings. The predicted octanol–water partition coefficient (Wildman–Crippen LogP) is 4.33. The highest BCUT2D eigenvalue weighted by Crippen LogP contribution is 2.28. The van der Waals surface area contributed by atoms with Crippen LogP contribution in [-0.4, -0.2) is 37.6 Å². The van der Waals surface area contributed by atoms with Crippen molar-refractivity contribution in [2.45, 2.75) is 26.9 Å². The number of carbonyl (C=O) groups is 1. The van der Waals surface area contributed by atoms with E-state index in [0.29, 0.717) is 45.2 Å². The van der Waals surface area contributed by atoms with Gasteiger partial charge in [0.15, 0.2) is 0 Å². The van der Waals surface area contributed by atoms with Crippen LogP contribution in [0.25, 0.3) is 22.3 Å². The van der Waals surface area contributed by atoms with E-state index in [9.17, 15) is 4.79 Å². The molecule has 0 atom stereocenters. The van der Waals surface area contributed by atoms with Crippen LogP contribution in [-0.2, 0) is 13.1 Å². The van der Waals surface area contributed by atoms with E-state index < -0.39 is 0 Å². The first-order valence-corrected chi connectivity index (χ1v) is 10.3. The lowest BCUT2D eigenvalue weighted by Crippen LogP contribution is -2.27. The molecule has 4 aromatic rings. The molecule has 4 rings (SSSR count). The number of halogens is 1. The van der Waals surface area contributed by atoms with Gasteiger partial charge < -0.3 is 10.6 Å². The number of aryl methyl sites for hydroxylation is 1. The average molecular weight is 435 g/mol. The number of carbonyl (C=O) groups excluding carboxylic acids is 1. The quantitative estimate of drug-likeness (QED) is 0.505. The number of hydrogen-bond donors (Lipinski definition) is 1. The minimum Gasteiger partial charge on any atom is -0.384 e. The summed E-state index contributed by atoms with van der Waals surface area (Å²) in [5.41, 5.74) is 10.3. The lowest BCUT2D eigenvalue weighted by atomic mass is 10.0. The zero-order valence-electron chi connectivity index (χ0n) is 17.6. The Morgan fingerprint density at radius 3 is 2.68 bits per heavy atom. The molecule has 0 unspecified atom stereocenters. The second-order valence-corrected chi connectivity index (χ2v) is 7.83. The molecule has 8 heteroatoms. The van der Waals surface area contributed by atoms with Crippen molar-refractivity contribution in [3.05, 3.63) is 70.5 Å². The minimum atomic E-state index is -0.136. The van der Waals surface area contributed by atoms with Crippen LogP contribution in [0.15, 0.2) is 48.7 Å². The van der Waals surface area contributed by atoms with Crippen LogP contribution in [0.3, 0.4) is 0 Å². The van der Waals surface area contributed by atoms with Gasteiger partial charge in [-0.15, -0.1) is 0 Å². The van der Waals surface area contributed by atoms with Gasteiger partial charge in [-0.3, -0.25) is 9.48 Å². The second-order valence-electron chi connectivity index (χ2n) is 7.40. The summed E-state index contributed by atoms with van der Waals surface area (Å²) in [6.07, 6.45) is 1.81. The van der Waals surface area contributed by atoms with Gasteiger partial charge >= 0.3 is 0 Å². The molecule has 0 saturated heterocycles. The molecule has 158 valence electrons. The topological polar surface area (TPSA) is 89.9 Å². The van der Waals surface area contributed by atoms with E-state index in [0.717, 1.165) is 17.8 Å². The van der Waals surface area contributed by atoms with Gasteiger partial charge in [0.2, 0.25) is 0 Å². The molecule has 0 aliphatic carbocycles. The number of hydrogen-bond acceptors (Lipinski definition) is 5. The first-order chi connectivity index (χ1) is 14.9. The molecular formula is C23H23ClN6O. The number of pyridine rings is 2. The molecule has 31 heavy (non-hydrogen) atoms. The minimum absolute atomic E-state index is 0.136. The third-order valence-electron chi connectivity index (χ3n) is 5.29. The Morgan fingerprint density at radius 1 is 1.16 bits per heavy atom. The van der Waals surface area contributed by atoms with Crippen LogP contribution in [0.2, 0.25) is 5.02 Å². The zero-order valence-corrected chi connectivity index (χ0v) is 18.4. The molecule has 7 nitrogen and oxygen atoms in total. The Kier molecular flexibility index (Phi) is 5.61. The van der Waals surface area contributed by atoms with E-state index in [4.69, 9.17) is 17.3 Å². The maximum atomic E-state index is 13.5. The molecular weight excluding hydrogens is 412 g/mol. The van der Waals surface area contributed by atoms with Crippen molar-refractivity contribution in [2.75, 3.05) is 12.8 Å². The Bertz CT molecular complexity index is 1280. The highest BCUT2D eigenvalue weighted by molar-refractivity contribution is 6.31.